The van der Waals surface area contributed by atoms with Gasteiger partial charge in [0.15, 0.2) is 0 Å². The van der Waals surface area contributed by atoms with Gasteiger partial charge < -0.3 is 10.5 Å². The topological polar surface area (TPSA) is 35.2 Å². The van der Waals surface area contributed by atoms with Gasteiger partial charge in [-0.3, -0.25) is 0 Å². The van der Waals surface area contributed by atoms with Crippen molar-refractivity contribution in [3.63, 3.8) is 0 Å². The van der Waals surface area contributed by atoms with Crippen LogP contribution in [0.3, 0.4) is 0 Å². The third-order valence-electron chi connectivity index (χ3n) is 2.96. The van der Waals surface area contributed by atoms with Crippen molar-refractivity contribution in [3.05, 3.63) is 29.3 Å². The van der Waals surface area contributed by atoms with Crippen molar-refractivity contribution in [2.24, 2.45) is 0 Å². The predicted molar refractivity (Wildman–Crippen MR) is 64.8 cm³/mol. The minimum Gasteiger partial charge on any atom is -0.399 e. The monoisotopic (exact) mass is 207 g/mol. The summed E-state index contributed by atoms with van der Waals surface area (Å²) in [4.78, 5) is 0. The maximum absolute atomic E-state index is 5.84. The molecule has 1 aromatic rings. The first-order valence-electron chi connectivity index (χ1n) is 5.44. The zero-order valence-corrected chi connectivity index (χ0v) is 10.1. The van der Waals surface area contributed by atoms with Gasteiger partial charge >= 0.3 is 0 Å². The van der Waals surface area contributed by atoms with E-state index in [1.54, 1.807) is 0 Å². The van der Waals surface area contributed by atoms with Crippen LogP contribution in [0.4, 0.5) is 5.69 Å². The molecule has 0 aliphatic rings. The van der Waals surface area contributed by atoms with Crippen molar-refractivity contribution in [2.45, 2.75) is 46.3 Å². The molecule has 2 N–H and O–H groups in total. The van der Waals surface area contributed by atoms with Crippen molar-refractivity contribution >= 4 is 5.69 Å². The number of hydrogen-bond acceptors (Lipinski definition) is 2. The molecule has 0 unspecified atom stereocenters. The number of anilines is 1. The molecule has 15 heavy (non-hydrogen) atoms. The first-order chi connectivity index (χ1) is 6.96. The lowest BCUT2D eigenvalue weighted by Gasteiger charge is -2.24. The molecule has 0 saturated carbocycles. The van der Waals surface area contributed by atoms with Crippen LogP contribution in [0, 0.1) is 6.92 Å². The van der Waals surface area contributed by atoms with E-state index in [2.05, 4.69) is 26.8 Å². The van der Waals surface area contributed by atoms with Crippen LogP contribution < -0.4 is 5.73 Å². The summed E-state index contributed by atoms with van der Waals surface area (Å²) in [5.41, 5.74) is 8.92. The minimum atomic E-state index is -0.0585. The molecule has 1 rings (SSSR count). The summed E-state index contributed by atoms with van der Waals surface area (Å²) < 4.78 is 5.84. The molecule has 0 atom stereocenters. The van der Waals surface area contributed by atoms with Crippen LogP contribution in [0.15, 0.2) is 18.2 Å². The van der Waals surface area contributed by atoms with Crippen molar-refractivity contribution in [2.75, 3.05) is 5.73 Å². The van der Waals surface area contributed by atoms with Gasteiger partial charge in [0.05, 0.1) is 12.2 Å². The minimum absolute atomic E-state index is 0.0585. The molecule has 2 nitrogen and oxygen atoms in total. The SMILES string of the molecule is CCC(C)(C)OCc1cccc(N)c1C. The average Bonchev–Trinajstić information content (AvgIpc) is 2.20. The van der Waals surface area contributed by atoms with Crippen molar-refractivity contribution in [1.29, 1.82) is 0 Å². The van der Waals surface area contributed by atoms with Crippen LogP contribution >= 0.6 is 0 Å². The van der Waals surface area contributed by atoms with Gasteiger partial charge in [-0.15, -0.1) is 0 Å². The molecule has 1 aromatic carbocycles. The summed E-state index contributed by atoms with van der Waals surface area (Å²) in [6, 6.07) is 5.96. The van der Waals surface area contributed by atoms with E-state index in [0.29, 0.717) is 6.61 Å². The predicted octanol–water partition coefficient (Wildman–Crippen LogP) is 3.28. The smallest absolute Gasteiger partial charge is 0.0727 e. The Morgan fingerprint density at radius 3 is 2.60 bits per heavy atom. The van der Waals surface area contributed by atoms with Gasteiger partial charge in [0.1, 0.15) is 0 Å². The highest BCUT2D eigenvalue weighted by molar-refractivity contribution is 5.49. The highest BCUT2D eigenvalue weighted by Crippen LogP contribution is 2.20. The standard InChI is InChI=1S/C13H21NO/c1-5-13(3,4)15-9-11-7-6-8-12(14)10(11)2/h6-8H,5,9,14H2,1-4H3. The van der Waals surface area contributed by atoms with E-state index in [1.807, 2.05) is 19.1 Å². The van der Waals surface area contributed by atoms with Gasteiger partial charge in [0.2, 0.25) is 0 Å². The van der Waals surface area contributed by atoms with Gasteiger partial charge in [-0.25, -0.2) is 0 Å². The molecule has 84 valence electrons. The highest BCUT2D eigenvalue weighted by atomic mass is 16.5. The first-order valence-corrected chi connectivity index (χ1v) is 5.44. The Hall–Kier alpha value is -1.02. The number of benzene rings is 1. The van der Waals surface area contributed by atoms with E-state index in [0.717, 1.165) is 17.7 Å². The van der Waals surface area contributed by atoms with Crippen LogP contribution in [0.1, 0.15) is 38.3 Å². The zero-order chi connectivity index (χ0) is 11.5. The summed E-state index contributed by atoms with van der Waals surface area (Å²) in [6.07, 6.45) is 1.01. The van der Waals surface area contributed by atoms with Crippen molar-refractivity contribution in [3.8, 4) is 0 Å². The number of ether oxygens (including phenoxy) is 1. The van der Waals surface area contributed by atoms with Crippen LogP contribution in [0.2, 0.25) is 0 Å². The lowest BCUT2D eigenvalue weighted by Crippen LogP contribution is -2.22. The summed E-state index contributed by atoms with van der Waals surface area (Å²) in [5, 5.41) is 0. The molecular weight excluding hydrogens is 186 g/mol. The second kappa shape index (κ2) is 4.67. The molecule has 0 heterocycles. The molecule has 0 aromatic heterocycles. The Kier molecular flexibility index (Phi) is 3.75. The Balaban J connectivity index is 2.70. The van der Waals surface area contributed by atoms with Gasteiger partial charge in [0.25, 0.3) is 0 Å². The Morgan fingerprint density at radius 2 is 2.00 bits per heavy atom. The summed E-state index contributed by atoms with van der Waals surface area (Å²) >= 11 is 0. The van der Waals surface area contributed by atoms with Crippen LogP contribution in [0.5, 0.6) is 0 Å². The van der Waals surface area contributed by atoms with Crippen LogP contribution in [-0.2, 0) is 11.3 Å². The fourth-order valence-corrected chi connectivity index (χ4v) is 1.23. The summed E-state index contributed by atoms with van der Waals surface area (Å²) in [5.74, 6) is 0. The Labute approximate surface area is 92.4 Å². The number of rotatable bonds is 4. The fourth-order valence-electron chi connectivity index (χ4n) is 1.23. The molecule has 0 bridgehead atoms. The van der Waals surface area contributed by atoms with Gasteiger partial charge in [-0.05, 0) is 44.4 Å². The van der Waals surface area contributed by atoms with E-state index in [9.17, 15) is 0 Å². The van der Waals surface area contributed by atoms with E-state index in [1.165, 1.54) is 5.56 Å². The normalized spacial score (nSPS) is 11.7. The van der Waals surface area contributed by atoms with E-state index in [4.69, 9.17) is 10.5 Å². The van der Waals surface area contributed by atoms with E-state index in [-0.39, 0.29) is 5.60 Å². The maximum atomic E-state index is 5.84. The Morgan fingerprint density at radius 1 is 1.33 bits per heavy atom. The second-order valence-corrected chi connectivity index (χ2v) is 4.53. The number of nitrogens with two attached hydrogens (primary N) is 1. The maximum Gasteiger partial charge on any atom is 0.0727 e. The molecule has 0 fully saturated rings. The fraction of sp³-hybridized carbons (Fsp3) is 0.538. The quantitative estimate of drug-likeness (QED) is 0.769. The third-order valence-corrected chi connectivity index (χ3v) is 2.96. The van der Waals surface area contributed by atoms with Gasteiger partial charge in [-0.2, -0.15) is 0 Å². The molecule has 2 heteroatoms. The zero-order valence-electron chi connectivity index (χ0n) is 10.1. The second-order valence-electron chi connectivity index (χ2n) is 4.53. The largest absolute Gasteiger partial charge is 0.399 e. The Bertz CT molecular complexity index is 331. The third kappa shape index (κ3) is 3.24. The lowest BCUT2D eigenvalue weighted by atomic mass is 10.1. The molecular formula is C13H21NO. The molecule has 0 aliphatic heterocycles. The van der Waals surface area contributed by atoms with E-state index < -0.39 is 0 Å². The molecule has 0 amide bonds. The lowest BCUT2D eigenvalue weighted by molar-refractivity contribution is -0.0317. The number of hydrogen-bond donors (Lipinski definition) is 1. The van der Waals surface area contributed by atoms with Crippen LogP contribution in [-0.4, -0.2) is 5.60 Å². The van der Waals surface area contributed by atoms with Crippen LogP contribution in [0.25, 0.3) is 0 Å². The highest BCUT2D eigenvalue weighted by Gasteiger charge is 2.15. The van der Waals surface area contributed by atoms with Gasteiger partial charge in [0, 0.05) is 5.69 Å². The summed E-state index contributed by atoms with van der Waals surface area (Å²) in [6.45, 7) is 9.01. The van der Waals surface area contributed by atoms with Crippen molar-refractivity contribution < 1.29 is 4.74 Å². The van der Waals surface area contributed by atoms with E-state index >= 15 is 0 Å². The van der Waals surface area contributed by atoms with Crippen molar-refractivity contribution in [1.82, 2.24) is 0 Å². The summed E-state index contributed by atoms with van der Waals surface area (Å²) in [7, 11) is 0. The number of nitrogen functional groups attached to an aromatic ring is 1. The average molecular weight is 207 g/mol. The molecule has 0 saturated heterocycles. The van der Waals surface area contributed by atoms with Gasteiger partial charge in [-0.1, -0.05) is 19.1 Å². The molecule has 0 spiro atoms. The molecule has 0 aliphatic carbocycles. The molecule has 0 radical (unpaired) electrons. The first kappa shape index (κ1) is 12.1.